The van der Waals surface area contributed by atoms with Crippen molar-refractivity contribution in [2.24, 2.45) is 11.0 Å². The van der Waals surface area contributed by atoms with Crippen molar-refractivity contribution in [1.82, 2.24) is 10.3 Å². The number of hydrogen-bond donors (Lipinski definition) is 2. The maximum Gasteiger partial charge on any atom is 0.407 e. The molecule has 9 nitrogen and oxygen atoms in total. The molecule has 1 heterocycles. The fourth-order valence-corrected chi connectivity index (χ4v) is 2.74. The Morgan fingerprint density at radius 1 is 1.33 bits per heavy atom. The van der Waals surface area contributed by atoms with E-state index in [0.717, 1.165) is 0 Å². The molecule has 159 valence electrons. The Labute approximate surface area is 188 Å². The summed E-state index contributed by atoms with van der Waals surface area (Å²) in [6.45, 7) is 6.59. The van der Waals surface area contributed by atoms with Gasteiger partial charge in [-0.15, -0.1) is 0 Å². The standard InChI is InChI=1S/C20H27N3O6.Li/c1-20(2,3)29-19(27)21-9-6-12-28-16-8-7-15(24)17(18(25)26)14(16)13-23-11-5-4-10-22-23;/h4-5,7-8,10,17H,6,9,11-13H2,1-3H3,(H,21,27)(H,25,26);. The van der Waals surface area contributed by atoms with Gasteiger partial charge in [0.1, 0.15) is 17.3 Å². The smallest absolute Gasteiger partial charge is 0.407 e. The predicted octanol–water partition coefficient (Wildman–Crippen LogP) is 1.49. The molecule has 10 heteroatoms. The number of hydrazone groups is 1. The van der Waals surface area contributed by atoms with Crippen LogP contribution in [-0.4, -0.2) is 84.9 Å². The van der Waals surface area contributed by atoms with E-state index in [0.29, 0.717) is 30.8 Å². The summed E-state index contributed by atoms with van der Waals surface area (Å²) in [5.41, 5.74) is -0.213. The summed E-state index contributed by atoms with van der Waals surface area (Å²) in [5.74, 6) is -2.67. The van der Waals surface area contributed by atoms with Crippen LogP contribution in [0.4, 0.5) is 4.79 Å². The number of carboxylic acids is 1. The molecule has 2 rings (SSSR count). The number of carbonyl (C=O) groups is 3. The van der Waals surface area contributed by atoms with Gasteiger partial charge >= 0.3 is 12.1 Å². The van der Waals surface area contributed by atoms with Gasteiger partial charge in [-0.1, -0.05) is 6.08 Å². The molecular formula is C20H27LiN3O6. The van der Waals surface area contributed by atoms with Crippen LogP contribution in [-0.2, 0) is 19.1 Å². The molecule has 0 saturated carbocycles. The van der Waals surface area contributed by atoms with Crippen molar-refractivity contribution in [1.29, 1.82) is 0 Å². The van der Waals surface area contributed by atoms with Gasteiger partial charge in [-0.2, -0.15) is 5.10 Å². The molecule has 0 bridgehead atoms. The van der Waals surface area contributed by atoms with Crippen LogP contribution >= 0.6 is 0 Å². The topological polar surface area (TPSA) is 118 Å². The van der Waals surface area contributed by atoms with Crippen molar-refractivity contribution < 1.29 is 29.0 Å². The number of allylic oxidation sites excluding steroid dienone is 3. The molecule has 1 aliphatic heterocycles. The Hall–Kier alpha value is -2.50. The van der Waals surface area contributed by atoms with Gasteiger partial charge in [0.25, 0.3) is 0 Å². The minimum Gasteiger partial charge on any atom is -0.493 e. The fourth-order valence-electron chi connectivity index (χ4n) is 2.74. The molecule has 2 aliphatic rings. The number of ether oxygens (including phenoxy) is 2. The SMILES string of the molecule is CC(C)(C)OC(=O)NCCCOC1=C(CN2CC=CC=N2)C(C(=O)O)C(=O)C=C1.[Li]. The van der Waals surface area contributed by atoms with Gasteiger partial charge in [0, 0.05) is 37.2 Å². The largest absolute Gasteiger partial charge is 0.493 e. The number of carboxylic acid groups (broad SMARTS) is 1. The van der Waals surface area contributed by atoms with Crippen LogP contribution in [0.25, 0.3) is 0 Å². The van der Waals surface area contributed by atoms with E-state index in [9.17, 15) is 19.5 Å². The molecule has 1 atom stereocenters. The van der Waals surface area contributed by atoms with Crippen molar-refractivity contribution in [3.8, 4) is 0 Å². The van der Waals surface area contributed by atoms with Gasteiger partial charge < -0.3 is 19.9 Å². The maximum atomic E-state index is 12.1. The van der Waals surface area contributed by atoms with Gasteiger partial charge in [-0.25, -0.2) is 4.79 Å². The van der Waals surface area contributed by atoms with Gasteiger partial charge in [0.2, 0.25) is 0 Å². The summed E-state index contributed by atoms with van der Waals surface area (Å²) in [4.78, 5) is 35.4. The molecule has 1 radical (unpaired) electrons. The van der Waals surface area contributed by atoms with Crippen LogP contribution < -0.4 is 5.32 Å². The van der Waals surface area contributed by atoms with Gasteiger partial charge in [0.05, 0.1) is 19.7 Å². The van der Waals surface area contributed by atoms with E-state index in [-0.39, 0.29) is 32.0 Å². The summed E-state index contributed by atoms with van der Waals surface area (Å²) in [5, 5.41) is 18.0. The number of alkyl carbamates (subject to hydrolysis) is 1. The zero-order valence-corrected chi connectivity index (χ0v) is 17.9. The van der Waals surface area contributed by atoms with Crippen molar-refractivity contribution >= 4 is 42.9 Å². The third kappa shape index (κ3) is 8.09. The Bertz CT molecular complexity index is 767. The molecule has 0 fully saturated rings. The third-order valence-corrected chi connectivity index (χ3v) is 3.96. The van der Waals surface area contributed by atoms with E-state index in [1.165, 1.54) is 12.2 Å². The minimum atomic E-state index is -1.30. The number of ketones is 1. The van der Waals surface area contributed by atoms with Crippen molar-refractivity contribution in [3.63, 3.8) is 0 Å². The van der Waals surface area contributed by atoms with Crippen molar-refractivity contribution in [2.45, 2.75) is 32.8 Å². The molecule has 1 amide bonds. The number of rotatable bonds is 8. The van der Waals surface area contributed by atoms with E-state index in [1.807, 2.05) is 6.08 Å². The van der Waals surface area contributed by atoms with Crippen LogP contribution in [0, 0.1) is 5.92 Å². The molecule has 1 unspecified atom stereocenters. The van der Waals surface area contributed by atoms with Crippen LogP contribution in [0.2, 0.25) is 0 Å². The molecule has 0 aromatic carbocycles. The first-order valence-corrected chi connectivity index (χ1v) is 9.39. The monoisotopic (exact) mass is 412 g/mol. The molecule has 0 saturated heterocycles. The second kappa shape index (κ2) is 11.6. The van der Waals surface area contributed by atoms with Crippen molar-refractivity contribution in [3.05, 3.63) is 35.6 Å². The van der Waals surface area contributed by atoms with E-state index < -0.39 is 29.4 Å². The van der Waals surface area contributed by atoms with Crippen LogP contribution in [0.1, 0.15) is 27.2 Å². The average Bonchev–Trinajstić information content (AvgIpc) is 2.62. The summed E-state index contributed by atoms with van der Waals surface area (Å²) < 4.78 is 10.9. The summed E-state index contributed by atoms with van der Waals surface area (Å²) >= 11 is 0. The molecule has 30 heavy (non-hydrogen) atoms. The van der Waals surface area contributed by atoms with E-state index >= 15 is 0 Å². The second-order valence-electron chi connectivity index (χ2n) is 7.57. The minimum absolute atomic E-state index is 0. The third-order valence-electron chi connectivity index (χ3n) is 3.96. The molecule has 0 spiro atoms. The first kappa shape index (κ1) is 25.5. The summed E-state index contributed by atoms with van der Waals surface area (Å²) in [7, 11) is 0. The van der Waals surface area contributed by atoms with Gasteiger partial charge in [0.15, 0.2) is 5.78 Å². The molecular weight excluding hydrogens is 385 g/mol. The van der Waals surface area contributed by atoms with Crippen LogP contribution in [0.3, 0.4) is 0 Å². The van der Waals surface area contributed by atoms with Crippen LogP contribution in [0.15, 0.2) is 40.7 Å². The maximum absolute atomic E-state index is 12.1. The fraction of sp³-hybridized carbons (Fsp3) is 0.500. The number of hydrogen-bond acceptors (Lipinski definition) is 7. The first-order valence-electron chi connectivity index (χ1n) is 9.39. The predicted molar refractivity (Wildman–Crippen MR) is 112 cm³/mol. The van der Waals surface area contributed by atoms with E-state index in [1.54, 1.807) is 38.1 Å². The van der Waals surface area contributed by atoms with Gasteiger partial charge in [-0.05, 0) is 45.4 Å². The quantitative estimate of drug-likeness (QED) is 0.352. The van der Waals surface area contributed by atoms with E-state index in [4.69, 9.17) is 9.47 Å². The second-order valence-corrected chi connectivity index (χ2v) is 7.57. The molecule has 1 aliphatic carbocycles. The molecule has 0 aromatic rings. The number of nitrogens with one attached hydrogen (secondary N) is 1. The summed E-state index contributed by atoms with van der Waals surface area (Å²) in [6.07, 6.45) is 7.96. The van der Waals surface area contributed by atoms with Crippen LogP contribution in [0.5, 0.6) is 0 Å². The molecule has 2 N–H and O–H groups in total. The number of amides is 1. The number of carbonyl (C=O) groups excluding carboxylic acids is 2. The Morgan fingerprint density at radius 2 is 2.07 bits per heavy atom. The number of aliphatic carboxylic acids is 1. The Balaban J connectivity index is 0.00000450. The average molecular weight is 412 g/mol. The first-order chi connectivity index (χ1) is 13.7. The van der Waals surface area contributed by atoms with Crippen molar-refractivity contribution in [2.75, 3.05) is 26.2 Å². The Morgan fingerprint density at radius 3 is 2.67 bits per heavy atom. The normalized spacial score (nSPS) is 18.2. The van der Waals surface area contributed by atoms with Gasteiger partial charge in [-0.3, -0.25) is 14.6 Å². The van der Waals surface area contributed by atoms with E-state index in [2.05, 4.69) is 10.4 Å². The Kier molecular flexibility index (Phi) is 9.89. The molecule has 0 aromatic heterocycles. The zero-order valence-electron chi connectivity index (χ0n) is 17.9. The summed E-state index contributed by atoms with van der Waals surface area (Å²) in [6, 6.07) is 0. The number of nitrogens with zero attached hydrogens (tertiary/aromatic N) is 2. The zero-order chi connectivity index (χ0) is 21.4.